The Morgan fingerprint density at radius 1 is 1.05 bits per heavy atom. The van der Waals surface area contributed by atoms with E-state index in [-0.39, 0.29) is 38.1 Å². The molecule has 2 amide bonds. The van der Waals surface area contributed by atoms with Gasteiger partial charge in [-0.05, 0) is 49.9 Å². The van der Waals surface area contributed by atoms with Gasteiger partial charge in [0.1, 0.15) is 28.9 Å². The second kappa shape index (κ2) is 9.95. The molecule has 1 N–H and O–H groups in total. The topological polar surface area (TPSA) is 106 Å². The molecule has 2 saturated heterocycles. The summed E-state index contributed by atoms with van der Waals surface area (Å²) in [6.45, 7) is 2.10. The summed E-state index contributed by atoms with van der Waals surface area (Å²) in [7, 11) is 1.57. The quantitative estimate of drug-likeness (QED) is 0.478. The number of aliphatic hydroxyl groups is 1. The molecule has 37 heavy (non-hydrogen) atoms. The van der Waals surface area contributed by atoms with Gasteiger partial charge in [0.2, 0.25) is 5.91 Å². The SMILES string of the molecule is CC[C@]12/C=C\CCCCOC(=O)[C@H]1[C@H]1C(=O)N(CCO)C3C(=O)N(c4ccc(OC)cc4)CC=C[C@@]31O2. The number of carbonyl (C=O) groups is 3. The summed E-state index contributed by atoms with van der Waals surface area (Å²) in [6, 6.07) is 6.08. The third-order valence-corrected chi connectivity index (χ3v) is 8.11. The summed E-state index contributed by atoms with van der Waals surface area (Å²) >= 11 is 0. The van der Waals surface area contributed by atoms with Crippen LogP contribution in [-0.4, -0.2) is 78.4 Å². The molecule has 4 aliphatic rings. The van der Waals surface area contributed by atoms with Crippen LogP contribution in [-0.2, 0) is 23.9 Å². The van der Waals surface area contributed by atoms with E-state index in [0.717, 1.165) is 19.3 Å². The van der Waals surface area contributed by atoms with Gasteiger partial charge in [-0.1, -0.05) is 31.2 Å². The van der Waals surface area contributed by atoms with Crippen LogP contribution in [0.15, 0.2) is 48.6 Å². The zero-order valence-electron chi connectivity index (χ0n) is 21.3. The van der Waals surface area contributed by atoms with Gasteiger partial charge in [-0.15, -0.1) is 0 Å². The summed E-state index contributed by atoms with van der Waals surface area (Å²) < 4.78 is 17.8. The van der Waals surface area contributed by atoms with Crippen LogP contribution >= 0.6 is 0 Å². The minimum atomic E-state index is -1.37. The number of ether oxygens (including phenoxy) is 3. The van der Waals surface area contributed by atoms with Crippen LogP contribution in [0.4, 0.5) is 5.69 Å². The van der Waals surface area contributed by atoms with Gasteiger partial charge >= 0.3 is 5.97 Å². The fourth-order valence-corrected chi connectivity index (χ4v) is 6.38. The maximum Gasteiger partial charge on any atom is 0.313 e. The van der Waals surface area contributed by atoms with E-state index < -0.39 is 35.0 Å². The number of likely N-dealkylation sites (tertiary alicyclic amines) is 1. The lowest BCUT2D eigenvalue weighted by Gasteiger charge is -2.38. The van der Waals surface area contributed by atoms with E-state index in [0.29, 0.717) is 17.9 Å². The van der Waals surface area contributed by atoms with Crippen LogP contribution in [0.2, 0.25) is 0 Å². The summed E-state index contributed by atoms with van der Waals surface area (Å²) in [6.07, 6.45) is 10.4. The van der Waals surface area contributed by atoms with Gasteiger partial charge in [-0.2, -0.15) is 0 Å². The van der Waals surface area contributed by atoms with Crippen molar-refractivity contribution in [1.29, 1.82) is 0 Å². The molecule has 4 aliphatic heterocycles. The van der Waals surface area contributed by atoms with Crippen molar-refractivity contribution in [3.63, 3.8) is 0 Å². The van der Waals surface area contributed by atoms with Crippen molar-refractivity contribution in [1.82, 2.24) is 4.90 Å². The number of benzene rings is 1. The van der Waals surface area contributed by atoms with Crippen molar-refractivity contribution >= 4 is 23.5 Å². The predicted molar refractivity (Wildman–Crippen MR) is 135 cm³/mol. The van der Waals surface area contributed by atoms with Gasteiger partial charge in [0, 0.05) is 18.8 Å². The number of carbonyl (C=O) groups excluding carboxylic acids is 3. The second-order valence-electron chi connectivity index (χ2n) is 9.99. The highest BCUT2D eigenvalue weighted by Crippen LogP contribution is 2.58. The Morgan fingerprint density at radius 3 is 2.54 bits per heavy atom. The number of amides is 2. The number of nitrogens with zero attached hydrogens (tertiary/aromatic N) is 2. The Labute approximate surface area is 216 Å². The molecule has 4 heterocycles. The van der Waals surface area contributed by atoms with Gasteiger partial charge in [0.15, 0.2) is 0 Å². The lowest BCUT2D eigenvalue weighted by molar-refractivity contribution is -0.160. The first kappa shape index (κ1) is 25.5. The minimum absolute atomic E-state index is 0.0438. The van der Waals surface area contributed by atoms with Crippen molar-refractivity contribution < 1.29 is 33.7 Å². The Bertz CT molecular complexity index is 1120. The Morgan fingerprint density at radius 2 is 1.84 bits per heavy atom. The maximum atomic E-state index is 14.2. The van der Waals surface area contributed by atoms with E-state index >= 15 is 0 Å². The number of cyclic esters (lactones) is 1. The first-order valence-corrected chi connectivity index (χ1v) is 13.0. The normalized spacial score (nSPS) is 34.4. The zero-order valence-corrected chi connectivity index (χ0v) is 21.3. The number of aliphatic hydroxyl groups excluding tert-OH is 1. The van der Waals surface area contributed by atoms with Crippen molar-refractivity contribution in [3.8, 4) is 5.75 Å². The van der Waals surface area contributed by atoms with Crippen LogP contribution in [0.25, 0.3) is 0 Å². The fourth-order valence-electron chi connectivity index (χ4n) is 6.38. The summed E-state index contributed by atoms with van der Waals surface area (Å²) in [5, 5.41) is 9.83. The largest absolute Gasteiger partial charge is 0.497 e. The molecular weight excluding hydrogens is 476 g/mol. The number of allylic oxidation sites excluding steroid dienone is 1. The highest BCUT2D eigenvalue weighted by atomic mass is 16.6. The van der Waals surface area contributed by atoms with Crippen molar-refractivity contribution in [2.45, 2.75) is 49.9 Å². The number of hydrogen-bond donors (Lipinski definition) is 1. The molecule has 5 rings (SSSR count). The van der Waals surface area contributed by atoms with Crippen LogP contribution < -0.4 is 9.64 Å². The third kappa shape index (κ3) is 3.95. The molecule has 0 saturated carbocycles. The molecule has 0 bridgehead atoms. The summed E-state index contributed by atoms with van der Waals surface area (Å²) in [4.78, 5) is 44.8. The molecule has 1 aromatic carbocycles. The minimum Gasteiger partial charge on any atom is -0.497 e. The number of hydrogen-bond acceptors (Lipinski definition) is 7. The van der Waals surface area contributed by atoms with Crippen LogP contribution in [0, 0.1) is 11.8 Å². The number of esters is 1. The highest BCUT2D eigenvalue weighted by Gasteiger charge is 2.75. The Kier molecular flexibility index (Phi) is 6.85. The maximum absolute atomic E-state index is 14.2. The predicted octanol–water partition coefficient (Wildman–Crippen LogP) is 2.23. The van der Waals surface area contributed by atoms with Crippen molar-refractivity contribution in [3.05, 3.63) is 48.6 Å². The molecule has 1 aromatic rings. The summed E-state index contributed by atoms with van der Waals surface area (Å²) in [5.41, 5.74) is -1.81. The second-order valence-corrected chi connectivity index (χ2v) is 9.99. The van der Waals surface area contributed by atoms with Gasteiger partial charge < -0.3 is 29.1 Å². The van der Waals surface area contributed by atoms with Crippen molar-refractivity contribution in [2.24, 2.45) is 11.8 Å². The first-order valence-electron chi connectivity index (χ1n) is 13.0. The van der Waals surface area contributed by atoms with Gasteiger partial charge in [0.25, 0.3) is 5.91 Å². The number of methoxy groups -OCH3 is 1. The molecule has 0 aromatic heterocycles. The lowest BCUT2D eigenvalue weighted by Crippen LogP contribution is -2.56. The average Bonchev–Trinajstić information content (AvgIpc) is 3.26. The molecule has 0 radical (unpaired) electrons. The Balaban J connectivity index is 1.63. The van der Waals surface area contributed by atoms with Crippen molar-refractivity contribution in [2.75, 3.05) is 38.3 Å². The third-order valence-electron chi connectivity index (χ3n) is 8.11. The summed E-state index contributed by atoms with van der Waals surface area (Å²) in [5.74, 6) is -2.38. The van der Waals surface area contributed by atoms with Crippen LogP contribution in [0.5, 0.6) is 5.75 Å². The highest BCUT2D eigenvalue weighted by molar-refractivity contribution is 6.05. The molecule has 198 valence electrons. The number of fused-ring (bicyclic) bond motifs is 2. The monoisotopic (exact) mass is 510 g/mol. The van der Waals surface area contributed by atoms with E-state index in [1.165, 1.54) is 4.90 Å². The average molecular weight is 511 g/mol. The van der Waals surface area contributed by atoms with E-state index in [1.807, 2.05) is 25.2 Å². The molecule has 1 spiro atoms. The van der Waals surface area contributed by atoms with Gasteiger partial charge in [-0.3, -0.25) is 14.4 Å². The standard InChI is InChI=1S/C28H34N2O7/c1-3-27-13-6-4-5-7-18-36-26(34)22(27)21-24(32)30(16-17-31)23-25(33)29(15-8-14-28(21,23)37-27)19-9-11-20(35-2)12-10-19/h6,8-14,21-23,31H,3-5,7,15-18H2,1-2H3/b13-6-/t21-,22+,23?,27-,28-/m0/s1. The van der Waals surface area contributed by atoms with E-state index in [1.54, 1.807) is 42.4 Å². The zero-order chi connectivity index (χ0) is 26.2. The molecule has 9 heteroatoms. The van der Waals surface area contributed by atoms with E-state index in [9.17, 15) is 19.5 Å². The van der Waals surface area contributed by atoms with Crippen LogP contribution in [0.3, 0.4) is 0 Å². The molecule has 0 aliphatic carbocycles. The smallest absolute Gasteiger partial charge is 0.313 e. The Hall–Kier alpha value is -3.17. The fraction of sp³-hybridized carbons (Fsp3) is 0.536. The number of rotatable bonds is 5. The van der Waals surface area contributed by atoms with Gasteiger partial charge in [0.05, 0.1) is 26.2 Å². The van der Waals surface area contributed by atoms with E-state index in [4.69, 9.17) is 14.2 Å². The first-order chi connectivity index (χ1) is 17.9. The number of β-amino-alcohol motifs (C(OH)–C–C–N with tert-alkyl or cyclic N) is 1. The van der Waals surface area contributed by atoms with Gasteiger partial charge in [-0.25, -0.2) is 0 Å². The lowest BCUT2D eigenvalue weighted by atomic mass is 9.73. The number of anilines is 1. The molecular formula is C28H34N2O7. The van der Waals surface area contributed by atoms with Crippen LogP contribution in [0.1, 0.15) is 32.6 Å². The molecule has 5 atom stereocenters. The van der Waals surface area contributed by atoms with E-state index in [2.05, 4.69) is 0 Å². The molecule has 1 unspecified atom stereocenters. The molecule has 2 fully saturated rings. The molecule has 9 nitrogen and oxygen atoms in total.